The van der Waals surface area contributed by atoms with Gasteiger partial charge in [0.2, 0.25) is 0 Å². The Kier molecular flexibility index (Phi) is 6.43. The predicted molar refractivity (Wildman–Crippen MR) is 110 cm³/mol. The second kappa shape index (κ2) is 9.00. The lowest BCUT2D eigenvalue weighted by Crippen LogP contribution is -2.26. The normalized spacial score (nSPS) is 11.0. The summed E-state index contributed by atoms with van der Waals surface area (Å²) in [5, 5.41) is 0.324. The van der Waals surface area contributed by atoms with Crippen molar-refractivity contribution in [3.05, 3.63) is 63.0 Å². The van der Waals surface area contributed by atoms with Gasteiger partial charge in [-0.25, -0.2) is 9.78 Å². The van der Waals surface area contributed by atoms with Crippen LogP contribution in [0.5, 0.6) is 0 Å². The Bertz CT molecular complexity index is 1090. The van der Waals surface area contributed by atoms with Crippen molar-refractivity contribution in [2.24, 2.45) is 0 Å². The first-order valence-electron chi connectivity index (χ1n) is 9.26. The van der Waals surface area contributed by atoms with Crippen LogP contribution < -0.4 is 5.56 Å². The molecule has 2 aromatic heterocycles. The number of fused-ring (bicyclic) bond motifs is 1. The van der Waals surface area contributed by atoms with Gasteiger partial charge in [-0.3, -0.25) is 14.2 Å². The molecule has 0 aliphatic heterocycles. The largest absolute Gasteiger partial charge is 0.464 e. The molecule has 0 unspecified atom stereocenters. The number of benzene rings is 1. The van der Waals surface area contributed by atoms with E-state index in [2.05, 4.69) is 4.98 Å². The first-order chi connectivity index (χ1) is 13.9. The lowest BCUT2D eigenvalue weighted by atomic mass is 10.2. The number of hydrogen-bond donors (Lipinski definition) is 0. The maximum atomic E-state index is 12.8. The van der Waals surface area contributed by atoms with Gasteiger partial charge in [0, 0.05) is 6.42 Å². The fourth-order valence-corrected chi connectivity index (χ4v) is 3.87. The lowest BCUT2D eigenvalue weighted by molar-refractivity contribution is -0.144. The van der Waals surface area contributed by atoms with E-state index < -0.39 is 11.9 Å². The Hall–Kier alpha value is -3.00. The van der Waals surface area contributed by atoms with E-state index in [0.717, 1.165) is 16.9 Å². The van der Waals surface area contributed by atoms with Gasteiger partial charge in [-0.05, 0) is 31.9 Å². The van der Waals surface area contributed by atoms with Crippen LogP contribution in [0.15, 0.2) is 41.5 Å². The third-order valence-electron chi connectivity index (χ3n) is 4.24. The van der Waals surface area contributed by atoms with Gasteiger partial charge in [-0.2, -0.15) is 0 Å². The van der Waals surface area contributed by atoms with Crippen molar-refractivity contribution in [2.45, 2.75) is 39.8 Å². The average Bonchev–Trinajstić information content (AvgIpc) is 3.02. The van der Waals surface area contributed by atoms with Crippen LogP contribution in [0.1, 0.15) is 34.6 Å². The molecule has 0 bridgehead atoms. The van der Waals surface area contributed by atoms with Crippen LogP contribution >= 0.6 is 11.3 Å². The van der Waals surface area contributed by atoms with Crippen molar-refractivity contribution < 1.29 is 19.1 Å². The summed E-state index contributed by atoms with van der Waals surface area (Å²) in [7, 11) is 0. The molecule has 0 spiro atoms. The molecule has 7 nitrogen and oxygen atoms in total. The molecular formula is C21H22N2O5S. The zero-order chi connectivity index (χ0) is 21.0. The van der Waals surface area contributed by atoms with Gasteiger partial charge in [-0.15, -0.1) is 11.3 Å². The molecule has 152 valence electrons. The molecule has 3 rings (SSSR count). The molecule has 1 aromatic carbocycles. The van der Waals surface area contributed by atoms with Gasteiger partial charge < -0.3 is 9.47 Å². The molecule has 3 aromatic rings. The molecule has 2 heterocycles. The quantitative estimate of drug-likeness (QED) is 0.552. The van der Waals surface area contributed by atoms with Crippen LogP contribution in [0, 0.1) is 6.92 Å². The lowest BCUT2D eigenvalue weighted by Gasteiger charge is -2.07. The topological polar surface area (TPSA) is 87.5 Å². The Balaban J connectivity index is 1.72. The van der Waals surface area contributed by atoms with Gasteiger partial charge in [0.25, 0.3) is 5.56 Å². The number of carbonyl (C=O) groups excluding carboxylic acids is 2. The SMILES string of the molecule is Cc1c(C(=O)OC(C)C)sc2ncn(CC(=O)OCCc3ccccc3)c(=O)c12. The zero-order valence-electron chi connectivity index (χ0n) is 16.5. The number of thiophene rings is 1. The molecule has 0 aliphatic carbocycles. The minimum absolute atomic E-state index is 0.232. The van der Waals surface area contributed by atoms with Gasteiger partial charge in [0.05, 0.1) is 24.4 Å². The number of rotatable bonds is 7. The van der Waals surface area contributed by atoms with E-state index in [-0.39, 0.29) is 24.8 Å². The molecule has 0 aliphatic rings. The third kappa shape index (κ3) is 4.89. The second-order valence-electron chi connectivity index (χ2n) is 6.82. The zero-order valence-corrected chi connectivity index (χ0v) is 17.3. The van der Waals surface area contributed by atoms with Crippen LogP contribution in [-0.2, 0) is 27.2 Å². The molecule has 0 N–H and O–H groups in total. The Morgan fingerprint density at radius 3 is 2.62 bits per heavy atom. The predicted octanol–water partition coefficient (Wildman–Crippen LogP) is 3.12. The minimum atomic E-state index is -0.517. The van der Waals surface area contributed by atoms with E-state index in [4.69, 9.17) is 9.47 Å². The molecule has 0 fully saturated rings. The first-order valence-corrected chi connectivity index (χ1v) is 10.1. The fourth-order valence-electron chi connectivity index (χ4n) is 2.85. The van der Waals surface area contributed by atoms with E-state index in [1.54, 1.807) is 20.8 Å². The van der Waals surface area contributed by atoms with Crippen LogP contribution in [0.2, 0.25) is 0 Å². The first kappa shape index (κ1) is 20.7. The summed E-state index contributed by atoms with van der Waals surface area (Å²) >= 11 is 1.11. The highest BCUT2D eigenvalue weighted by atomic mass is 32.1. The van der Waals surface area contributed by atoms with Crippen molar-refractivity contribution in [1.82, 2.24) is 9.55 Å². The monoisotopic (exact) mass is 414 g/mol. The van der Waals surface area contributed by atoms with Gasteiger partial charge in [0.15, 0.2) is 0 Å². The number of aromatic nitrogens is 2. The third-order valence-corrected chi connectivity index (χ3v) is 5.42. The number of ether oxygens (including phenoxy) is 2. The highest BCUT2D eigenvalue weighted by Crippen LogP contribution is 2.27. The maximum Gasteiger partial charge on any atom is 0.348 e. The Labute approximate surface area is 171 Å². The number of carbonyl (C=O) groups is 2. The smallest absolute Gasteiger partial charge is 0.348 e. The molecule has 0 saturated carbocycles. The summed E-state index contributed by atoms with van der Waals surface area (Å²) in [6, 6.07) is 9.68. The van der Waals surface area contributed by atoms with E-state index in [1.807, 2.05) is 30.3 Å². The van der Waals surface area contributed by atoms with Crippen LogP contribution in [0.25, 0.3) is 10.2 Å². The molecule has 0 amide bonds. The Morgan fingerprint density at radius 2 is 1.93 bits per heavy atom. The van der Waals surface area contributed by atoms with Crippen molar-refractivity contribution in [2.75, 3.05) is 6.61 Å². The average molecular weight is 414 g/mol. The number of hydrogen-bond acceptors (Lipinski definition) is 7. The molecule has 0 saturated heterocycles. The summed E-state index contributed by atoms with van der Waals surface area (Å²) in [6.07, 6.45) is 1.64. The standard InChI is InChI=1S/C21H22N2O5S/c1-13(2)28-21(26)18-14(3)17-19(29-18)22-12-23(20(17)25)11-16(24)27-10-9-15-7-5-4-6-8-15/h4-8,12-13H,9-11H2,1-3H3. The highest BCUT2D eigenvalue weighted by Gasteiger charge is 2.21. The number of nitrogens with zero attached hydrogens (tertiary/aromatic N) is 2. The van der Waals surface area contributed by atoms with Crippen LogP contribution in [-0.4, -0.2) is 34.2 Å². The maximum absolute atomic E-state index is 12.8. The van der Waals surface area contributed by atoms with Crippen LogP contribution in [0.3, 0.4) is 0 Å². The summed E-state index contributed by atoms with van der Waals surface area (Å²) in [6.45, 7) is 5.19. The molecule has 29 heavy (non-hydrogen) atoms. The number of aryl methyl sites for hydroxylation is 1. The molecular weight excluding hydrogens is 392 g/mol. The van der Waals surface area contributed by atoms with Gasteiger partial charge >= 0.3 is 11.9 Å². The molecule has 0 atom stereocenters. The van der Waals surface area contributed by atoms with E-state index in [9.17, 15) is 14.4 Å². The van der Waals surface area contributed by atoms with Crippen molar-refractivity contribution in [3.63, 3.8) is 0 Å². The van der Waals surface area contributed by atoms with Crippen LogP contribution in [0.4, 0.5) is 0 Å². The highest BCUT2D eigenvalue weighted by molar-refractivity contribution is 7.20. The van der Waals surface area contributed by atoms with Gasteiger partial charge in [-0.1, -0.05) is 30.3 Å². The Morgan fingerprint density at radius 1 is 1.21 bits per heavy atom. The van der Waals surface area contributed by atoms with E-state index in [0.29, 0.717) is 27.1 Å². The molecule has 8 heteroatoms. The summed E-state index contributed by atoms with van der Waals surface area (Å²) in [4.78, 5) is 42.2. The summed E-state index contributed by atoms with van der Waals surface area (Å²) in [5.41, 5.74) is 1.20. The van der Waals surface area contributed by atoms with Crippen molar-refractivity contribution >= 4 is 33.5 Å². The minimum Gasteiger partial charge on any atom is -0.464 e. The molecule has 0 radical (unpaired) electrons. The summed E-state index contributed by atoms with van der Waals surface area (Å²) < 4.78 is 11.7. The van der Waals surface area contributed by atoms with Crippen molar-refractivity contribution in [1.29, 1.82) is 0 Å². The second-order valence-corrected chi connectivity index (χ2v) is 7.82. The summed E-state index contributed by atoms with van der Waals surface area (Å²) in [5.74, 6) is -0.997. The van der Waals surface area contributed by atoms with E-state index >= 15 is 0 Å². The van der Waals surface area contributed by atoms with Gasteiger partial charge in [0.1, 0.15) is 16.3 Å². The van der Waals surface area contributed by atoms with E-state index in [1.165, 1.54) is 10.9 Å². The van der Waals surface area contributed by atoms with Crippen molar-refractivity contribution in [3.8, 4) is 0 Å². The fraction of sp³-hybridized carbons (Fsp3) is 0.333. The number of esters is 2.